The lowest BCUT2D eigenvalue weighted by Crippen LogP contribution is -2.22. The van der Waals surface area contributed by atoms with Gasteiger partial charge in [0.15, 0.2) is 5.78 Å². The van der Waals surface area contributed by atoms with Gasteiger partial charge in [-0.1, -0.05) is 52.5 Å². The van der Waals surface area contributed by atoms with Crippen LogP contribution in [0.1, 0.15) is 39.9 Å². The van der Waals surface area contributed by atoms with Crippen LogP contribution in [0, 0.1) is 17.6 Å². The predicted molar refractivity (Wildman–Crippen MR) is 168 cm³/mol. The zero-order valence-electron chi connectivity index (χ0n) is 22.5. The maximum atomic E-state index is 15.2. The van der Waals surface area contributed by atoms with Crippen LogP contribution < -0.4 is 5.32 Å². The molecule has 3 aromatic carbocycles. The second-order valence-electron chi connectivity index (χ2n) is 10.1. The summed E-state index contributed by atoms with van der Waals surface area (Å²) in [5, 5.41) is 1.35. The molecular weight excluding hydrogens is 750 g/mol. The molecule has 1 saturated carbocycles. The highest BCUT2D eigenvalue weighted by atomic mass is 35.5. The fourth-order valence-corrected chi connectivity index (χ4v) is 6.94. The molecule has 0 aliphatic heterocycles. The molecule has 0 heterocycles. The van der Waals surface area contributed by atoms with Crippen molar-refractivity contribution in [3.8, 4) is 0 Å². The Kier molecular flexibility index (Phi) is 11.0. The molecule has 0 bridgehead atoms. The molecule has 1 unspecified atom stereocenters. The van der Waals surface area contributed by atoms with E-state index in [-0.39, 0.29) is 36.9 Å². The first-order valence-electron chi connectivity index (χ1n) is 12.7. The van der Waals surface area contributed by atoms with Gasteiger partial charge in [-0.2, -0.15) is 13.2 Å². The Bertz CT molecular complexity index is 1680. The van der Waals surface area contributed by atoms with Crippen LogP contribution in [0.3, 0.4) is 0 Å². The monoisotopic (exact) mass is 765 g/mol. The number of rotatable bonds is 10. The van der Waals surface area contributed by atoms with Gasteiger partial charge < -0.3 is 5.32 Å². The van der Waals surface area contributed by atoms with Gasteiger partial charge in [-0.3, -0.25) is 14.4 Å². The van der Waals surface area contributed by atoms with Crippen LogP contribution in [0.4, 0.5) is 27.6 Å². The molecule has 240 valence electrons. The minimum absolute atomic E-state index is 0.0484. The molecule has 1 aliphatic carbocycles. The van der Waals surface area contributed by atoms with Crippen molar-refractivity contribution >= 4 is 105 Å². The van der Waals surface area contributed by atoms with Crippen LogP contribution in [0.15, 0.2) is 42.5 Å². The average Bonchev–Trinajstić information content (AvgIpc) is 3.52. The number of ketones is 2. The van der Waals surface area contributed by atoms with Crippen LogP contribution in [-0.2, 0) is 22.4 Å². The van der Waals surface area contributed by atoms with Gasteiger partial charge in [-0.15, -0.1) is 23.2 Å². The summed E-state index contributed by atoms with van der Waals surface area (Å²) in [7, 11) is 0. The van der Waals surface area contributed by atoms with E-state index in [1.165, 1.54) is 30.3 Å². The van der Waals surface area contributed by atoms with E-state index in [0.29, 0.717) is 5.56 Å². The summed E-state index contributed by atoms with van der Waals surface area (Å²) in [6.45, 7) is 0.976. The molecule has 1 amide bonds. The second-order valence-corrected chi connectivity index (χ2v) is 14.5. The van der Waals surface area contributed by atoms with E-state index in [1.807, 2.05) is 0 Å². The molecule has 4 nitrogen and oxygen atoms in total. The van der Waals surface area contributed by atoms with Crippen molar-refractivity contribution < 1.29 is 36.3 Å². The fourth-order valence-electron chi connectivity index (χ4n) is 4.66. The predicted octanol–water partition coefficient (Wildman–Crippen LogP) is 10.3. The number of carbonyl (C=O) groups is 3. The SMILES string of the molecule is CC(SC(F)(F)F)C(=O)Cc1c(F)ccc(CC(=O)c2cc(NC(=O)[C@H]3[C@H](c4cc(Cl)c(Cl)c(Cl)c4)C3(Cl)Cl)ccc2Cl)c1F. The van der Waals surface area contributed by atoms with Gasteiger partial charge in [0.1, 0.15) is 21.8 Å². The van der Waals surface area contributed by atoms with Gasteiger partial charge >= 0.3 is 5.51 Å². The molecule has 3 aromatic rings. The number of benzene rings is 3. The number of hydrogen-bond donors (Lipinski definition) is 1. The highest BCUT2D eigenvalue weighted by molar-refractivity contribution is 8.01. The molecule has 1 fully saturated rings. The highest BCUT2D eigenvalue weighted by Gasteiger charge is 2.67. The second kappa shape index (κ2) is 13.7. The summed E-state index contributed by atoms with van der Waals surface area (Å²) in [5.41, 5.74) is -5.33. The summed E-state index contributed by atoms with van der Waals surface area (Å²) < 4.78 is 66.0. The number of amides is 1. The number of alkyl halides is 5. The maximum Gasteiger partial charge on any atom is 0.442 e. The normalized spacial score (nSPS) is 18.0. The molecule has 1 aliphatic rings. The Morgan fingerprint density at radius 3 is 2.16 bits per heavy atom. The van der Waals surface area contributed by atoms with Crippen molar-refractivity contribution in [1.82, 2.24) is 0 Å². The third kappa shape index (κ3) is 8.20. The van der Waals surface area contributed by atoms with E-state index in [1.54, 1.807) is 0 Å². The summed E-state index contributed by atoms with van der Waals surface area (Å²) in [6, 6.07) is 8.72. The minimum Gasteiger partial charge on any atom is -0.326 e. The maximum absolute atomic E-state index is 15.2. The standard InChI is InChI=1S/C29H18Cl6F5NO3S/c1-11(45-29(38,39)40)21(42)10-16-20(36)5-2-12(26(16)37)8-22(43)15-9-14(3-4-17(15)30)41-27(44)24-23(28(24,34)35)13-6-18(31)25(33)19(32)7-13/h2-7,9,11,23-24H,8,10H2,1H3,(H,41,44)/t11?,23-,24+/m0/s1. The third-order valence-corrected chi connectivity index (χ3v) is 10.3. The molecule has 16 heteroatoms. The molecule has 0 saturated heterocycles. The first kappa shape index (κ1) is 36.1. The van der Waals surface area contributed by atoms with E-state index < -0.39 is 86.2 Å². The Balaban J connectivity index is 1.50. The number of hydrogen-bond acceptors (Lipinski definition) is 4. The largest absolute Gasteiger partial charge is 0.442 e. The number of halogens is 11. The average molecular weight is 768 g/mol. The van der Waals surface area contributed by atoms with Crippen molar-refractivity contribution in [2.24, 2.45) is 5.92 Å². The van der Waals surface area contributed by atoms with Gasteiger partial charge in [0.05, 0.1) is 31.3 Å². The Morgan fingerprint density at radius 2 is 1.56 bits per heavy atom. The Morgan fingerprint density at radius 1 is 0.933 bits per heavy atom. The van der Waals surface area contributed by atoms with Crippen LogP contribution in [0.5, 0.6) is 0 Å². The summed E-state index contributed by atoms with van der Waals surface area (Å²) >= 11 is 36.6. The summed E-state index contributed by atoms with van der Waals surface area (Å²) in [5.74, 6) is -6.44. The van der Waals surface area contributed by atoms with Crippen molar-refractivity contribution in [3.63, 3.8) is 0 Å². The molecule has 1 N–H and O–H groups in total. The number of anilines is 1. The van der Waals surface area contributed by atoms with E-state index in [0.717, 1.165) is 19.1 Å². The van der Waals surface area contributed by atoms with Gasteiger partial charge in [0.25, 0.3) is 0 Å². The fraction of sp³-hybridized carbons (Fsp3) is 0.276. The van der Waals surface area contributed by atoms with Crippen LogP contribution in [-0.4, -0.2) is 32.6 Å². The van der Waals surface area contributed by atoms with Crippen LogP contribution >= 0.6 is 81.4 Å². The topological polar surface area (TPSA) is 63.2 Å². The van der Waals surface area contributed by atoms with Gasteiger partial charge in [-0.25, -0.2) is 8.78 Å². The first-order valence-corrected chi connectivity index (χ1v) is 15.9. The first-order chi connectivity index (χ1) is 20.8. The van der Waals surface area contributed by atoms with Crippen molar-refractivity contribution in [1.29, 1.82) is 0 Å². The molecule has 4 rings (SSSR count). The van der Waals surface area contributed by atoms with Crippen molar-refractivity contribution in [3.05, 3.63) is 96.4 Å². The van der Waals surface area contributed by atoms with Crippen LogP contribution in [0.25, 0.3) is 0 Å². The quantitative estimate of drug-likeness (QED) is 0.0966. The summed E-state index contributed by atoms with van der Waals surface area (Å²) in [4.78, 5) is 38.5. The lowest BCUT2D eigenvalue weighted by atomic mass is 9.97. The number of Topliss-reactive ketones (excluding diaryl/α,β-unsaturated/α-hetero) is 2. The Labute approximate surface area is 287 Å². The molecule has 0 aromatic heterocycles. The molecule has 0 radical (unpaired) electrons. The Hall–Kier alpha value is -1.79. The smallest absolute Gasteiger partial charge is 0.326 e. The van der Waals surface area contributed by atoms with Gasteiger partial charge in [-0.05, 0) is 66.2 Å². The number of carbonyl (C=O) groups excluding carboxylic acids is 3. The number of thioether (sulfide) groups is 1. The molecule has 3 atom stereocenters. The van der Waals surface area contributed by atoms with Gasteiger partial charge in [0, 0.05) is 35.6 Å². The van der Waals surface area contributed by atoms with Gasteiger partial charge in [0.2, 0.25) is 5.91 Å². The number of nitrogens with one attached hydrogen (secondary N) is 1. The minimum atomic E-state index is -4.72. The highest BCUT2D eigenvalue weighted by Crippen LogP contribution is 2.65. The molecular formula is C29H18Cl6F5NO3S. The zero-order valence-corrected chi connectivity index (χ0v) is 27.8. The third-order valence-electron chi connectivity index (χ3n) is 6.97. The summed E-state index contributed by atoms with van der Waals surface area (Å²) in [6.07, 6.45) is -1.60. The lowest BCUT2D eigenvalue weighted by molar-refractivity contribution is -0.118. The van der Waals surface area contributed by atoms with E-state index in [2.05, 4.69) is 5.32 Å². The van der Waals surface area contributed by atoms with E-state index >= 15 is 4.39 Å². The van der Waals surface area contributed by atoms with E-state index in [9.17, 15) is 31.9 Å². The van der Waals surface area contributed by atoms with E-state index in [4.69, 9.17) is 69.6 Å². The van der Waals surface area contributed by atoms with Crippen molar-refractivity contribution in [2.75, 3.05) is 5.32 Å². The van der Waals surface area contributed by atoms with Crippen molar-refractivity contribution in [2.45, 2.75) is 40.8 Å². The molecule has 45 heavy (non-hydrogen) atoms. The van der Waals surface area contributed by atoms with Crippen LogP contribution in [0.2, 0.25) is 20.1 Å². The lowest BCUT2D eigenvalue weighted by Gasteiger charge is -2.14. The molecule has 0 spiro atoms. The zero-order chi connectivity index (χ0) is 33.6.